The second kappa shape index (κ2) is 5.35. The lowest BCUT2D eigenvalue weighted by atomic mass is 10.1. The van der Waals surface area contributed by atoms with E-state index >= 15 is 0 Å². The number of hydrogen-bond donors (Lipinski definition) is 1. The summed E-state index contributed by atoms with van der Waals surface area (Å²) < 4.78 is 1.79. The SMILES string of the molecule is Cc1nc2ccccn2c1C(=O)NN=C1Cc2ccccc2C1. The highest BCUT2D eigenvalue weighted by Gasteiger charge is 2.18. The number of nitrogens with zero attached hydrogens (tertiary/aromatic N) is 3. The summed E-state index contributed by atoms with van der Waals surface area (Å²) in [5, 5.41) is 4.32. The van der Waals surface area contributed by atoms with Crippen molar-refractivity contribution in [1.29, 1.82) is 0 Å². The lowest BCUT2D eigenvalue weighted by Crippen LogP contribution is -2.22. The van der Waals surface area contributed by atoms with Crippen LogP contribution in [0.3, 0.4) is 0 Å². The second-order valence-corrected chi connectivity index (χ2v) is 5.72. The first-order chi connectivity index (χ1) is 11.2. The number of carbonyl (C=O) groups excluding carboxylic acids is 1. The van der Waals surface area contributed by atoms with Crippen LogP contribution in [0.15, 0.2) is 53.8 Å². The summed E-state index contributed by atoms with van der Waals surface area (Å²) in [7, 11) is 0. The molecule has 0 atom stereocenters. The summed E-state index contributed by atoms with van der Waals surface area (Å²) in [6.45, 7) is 1.83. The quantitative estimate of drug-likeness (QED) is 0.740. The lowest BCUT2D eigenvalue weighted by Gasteiger charge is -2.02. The number of pyridine rings is 1. The molecule has 0 spiro atoms. The van der Waals surface area contributed by atoms with Crippen molar-refractivity contribution in [1.82, 2.24) is 14.8 Å². The smallest absolute Gasteiger partial charge is 0.290 e. The molecule has 1 N–H and O–H groups in total. The van der Waals surface area contributed by atoms with Gasteiger partial charge in [-0.1, -0.05) is 30.3 Å². The molecule has 5 nitrogen and oxygen atoms in total. The molecule has 23 heavy (non-hydrogen) atoms. The molecule has 4 rings (SSSR count). The molecular weight excluding hydrogens is 288 g/mol. The molecule has 0 bridgehead atoms. The van der Waals surface area contributed by atoms with Crippen LogP contribution in [0.4, 0.5) is 0 Å². The highest BCUT2D eigenvalue weighted by atomic mass is 16.2. The molecule has 0 radical (unpaired) electrons. The topological polar surface area (TPSA) is 58.8 Å². The van der Waals surface area contributed by atoms with Gasteiger partial charge in [0.05, 0.1) is 5.69 Å². The Bertz CT molecular complexity index is 912. The zero-order valence-corrected chi connectivity index (χ0v) is 12.8. The van der Waals surface area contributed by atoms with E-state index in [0.29, 0.717) is 11.4 Å². The number of aromatic nitrogens is 2. The summed E-state index contributed by atoms with van der Waals surface area (Å²) in [5.74, 6) is -0.232. The number of hydrogen-bond acceptors (Lipinski definition) is 3. The monoisotopic (exact) mass is 304 g/mol. The molecule has 1 amide bonds. The van der Waals surface area contributed by atoms with E-state index < -0.39 is 0 Å². The maximum atomic E-state index is 12.5. The first-order valence-corrected chi connectivity index (χ1v) is 7.58. The minimum absolute atomic E-state index is 0.232. The van der Waals surface area contributed by atoms with E-state index in [0.717, 1.165) is 24.2 Å². The fourth-order valence-electron chi connectivity index (χ4n) is 3.05. The van der Waals surface area contributed by atoms with Crippen LogP contribution in [0.5, 0.6) is 0 Å². The van der Waals surface area contributed by atoms with Crippen LogP contribution >= 0.6 is 0 Å². The van der Waals surface area contributed by atoms with Gasteiger partial charge in [0.1, 0.15) is 11.3 Å². The van der Waals surface area contributed by atoms with Crippen molar-refractivity contribution >= 4 is 17.3 Å². The highest BCUT2D eigenvalue weighted by molar-refractivity contribution is 5.97. The number of aryl methyl sites for hydroxylation is 1. The number of nitrogens with one attached hydrogen (secondary N) is 1. The van der Waals surface area contributed by atoms with Crippen LogP contribution in [-0.4, -0.2) is 21.0 Å². The zero-order valence-electron chi connectivity index (χ0n) is 12.8. The minimum atomic E-state index is -0.232. The van der Waals surface area contributed by atoms with Crippen molar-refractivity contribution in [2.24, 2.45) is 5.10 Å². The minimum Gasteiger partial charge on any atom is -0.295 e. The Hall–Kier alpha value is -2.95. The van der Waals surface area contributed by atoms with Gasteiger partial charge in [-0.3, -0.25) is 9.20 Å². The molecule has 1 aliphatic carbocycles. The second-order valence-electron chi connectivity index (χ2n) is 5.72. The van der Waals surface area contributed by atoms with Crippen LogP contribution in [0.1, 0.15) is 27.3 Å². The van der Waals surface area contributed by atoms with Gasteiger partial charge in [-0.05, 0) is 30.2 Å². The summed E-state index contributed by atoms with van der Waals surface area (Å²) in [6, 6.07) is 13.9. The molecule has 5 heteroatoms. The van der Waals surface area contributed by atoms with E-state index in [1.807, 2.05) is 43.5 Å². The fraction of sp³-hybridized carbons (Fsp3) is 0.167. The summed E-state index contributed by atoms with van der Waals surface area (Å²) >= 11 is 0. The summed E-state index contributed by atoms with van der Waals surface area (Å²) in [5.41, 5.74) is 8.21. The molecule has 0 unspecified atom stereocenters. The summed E-state index contributed by atoms with van der Waals surface area (Å²) in [4.78, 5) is 16.9. The number of imidazole rings is 1. The molecule has 2 aromatic heterocycles. The average Bonchev–Trinajstić information content (AvgIpc) is 3.12. The average molecular weight is 304 g/mol. The van der Waals surface area contributed by atoms with Gasteiger partial charge in [-0.25, -0.2) is 10.4 Å². The predicted molar refractivity (Wildman–Crippen MR) is 88.7 cm³/mol. The maximum absolute atomic E-state index is 12.5. The number of benzene rings is 1. The number of amides is 1. The fourth-order valence-corrected chi connectivity index (χ4v) is 3.05. The van der Waals surface area contributed by atoms with Crippen molar-refractivity contribution < 1.29 is 4.79 Å². The normalized spacial score (nSPS) is 13.2. The van der Waals surface area contributed by atoms with Crippen LogP contribution in [0.2, 0.25) is 0 Å². The zero-order chi connectivity index (χ0) is 15.8. The van der Waals surface area contributed by atoms with E-state index in [2.05, 4.69) is 27.6 Å². The van der Waals surface area contributed by atoms with Crippen molar-refractivity contribution in [3.05, 3.63) is 71.2 Å². The Morgan fingerprint density at radius 2 is 1.83 bits per heavy atom. The van der Waals surface area contributed by atoms with Gasteiger partial charge in [0.15, 0.2) is 0 Å². The molecule has 0 fully saturated rings. The Balaban J connectivity index is 1.57. The van der Waals surface area contributed by atoms with E-state index in [4.69, 9.17) is 0 Å². The van der Waals surface area contributed by atoms with E-state index in [1.54, 1.807) is 4.40 Å². The van der Waals surface area contributed by atoms with Crippen LogP contribution in [0, 0.1) is 6.92 Å². The van der Waals surface area contributed by atoms with E-state index in [-0.39, 0.29) is 5.91 Å². The largest absolute Gasteiger partial charge is 0.295 e. The van der Waals surface area contributed by atoms with Crippen LogP contribution in [0.25, 0.3) is 5.65 Å². The molecular formula is C18H16N4O. The molecule has 0 aliphatic heterocycles. The number of rotatable bonds is 2. The van der Waals surface area contributed by atoms with Crippen molar-refractivity contribution in [2.75, 3.05) is 0 Å². The maximum Gasteiger partial charge on any atom is 0.290 e. The highest BCUT2D eigenvalue weighted by Crippen LogP contribution is 2.19. The Kier molecular flexibility index (Phi) is 3.19. The van der Waals surface area contributed by atoms with Crippen LogP contribution in [-0.2, 0) is 12.8 Å². The van der Waals surface area contributed by atoms with Gasteiger partial charge < -0.3 is 0 Å². The molecule has 1 aromatic carbocycles. The Labute approximate surface area is 133 Å². The third kappa shape index (κ3) is 2.40. The van der Waals surface area contributed by atoms with Gasteiger partial charge in [0.25, 0.3) is 5.91 Å². The molecule has 0 saturated heterocycles. The molecule has 1 aliphatic rings. The van der Waals surface area contributed by atoms with Crippen molar-refractivity contribution in [2.45, 2.75) is 19.8 Å². The van der Waals surface area contributed by atoms with Gasteiger partial charge in [-0.15, -0.1) is 0 Å². The Morgan fingerprint density at radius 3 is 2.57 bits per heavy atom. The molecule has 0 saturated carbocycles. The molecule has 114 valence electrons. The standard InChI is InChI=1S/C18H16N4O/c1-12-17(22-9-5-4-8-16(22)19-12)18(23)21-20-15-10-13-6-2-3-7-14(13)11-15/h2-9H,10-11H2,1H3,(H,21,23). The first kappa shape index (κ1) is 13.7. The molecule has 2 heterocycles. The summed E-state index contributed by atoms with van der Waals surface area (Å²) in [6.07, 6.45) is 3.42. The van der Waals surface area contributed by atoms with Gasteiger partial charge in [-0.2, -0.15) is 5.10 Å². The molecule has 3 aromatic rings. The van der Waals surface area contributed by atoms with Crippen molar-refractivity contribution in [3.8, 4) is 0 Å². The van der Waals surface area contributed by atoms with Gasteiger partial charge in [0, 0.05) is 24.8 Å². The third-order valence-corrected chi connectivity index (χ3v) is 4.14. The van der Waals surface area contributed by atoms with Gasteiger partial charge in [0.2, 0.25) is 0 Å². The number of fused-ring (bicyclic) bond motifs is 2. The predicted octanol–water partition coefficient (Wildman–Crippen LogP) is 2.53. The van der Waals surface area contributed by atoms with Gasteiger partial charge >= 0.3 is 0 Å². The Morgan fingerprint density at radius 1 is 1.13 bits per heavy atom. The number of carbonyl (C=O) groups is 1. The first-order valence-electron chi connectivity index (χ1n) is 7.58. The lowest BCUT2D eigenvalue weighted by molar-refractivity contribution is 0.0948. The van der Waals surface area contributed by atoms with Crippen LogP contribution < -0.4 is 5.43 Å². The van der Waals surface area contributed by atoms with E-state index in [9.17, 15) is 4.79 Å². The third-order valence-electron chi connectivity index (χ3n) is 4.14. The number of hydrazone groups is 1. The van der Waals surface area contributed by atoms with Crippen molar-refractivity contribution in [3.63, 3.8) is 0 Å². The van der Waals surface area contributed by atoms with E-state index in [1.165, 1.54) is 11.1 Å².